The zero-order valence-corrected chi connectivity index (χ0v) is 11.5. The first-order valence-electron chi connectivity index (χ1n) is 6.41. The molecule has 6 heteroatoms. The van der Waals surface area contributed by atoms with Crippen LogP contribution in [0.1, 0.15) is 16.8 Å². The Hall–Kier alpha value is -1.66. The van der Waals surface area contributed by atoms with Crippen molar-refractivity contribution < 1.29 is 23.4 Å². The van der Waals surface area contributed by atoms with Gasteiger partial charge in [0.05, 0.1) is 19.8 Å². The van der Waals surface area contributed by atoms with E-state index in [1.54, 1.807) is 13.2 Å². The molecular weight excluding hydrogens is 265 g/mol. The predicted molar refractivity (Wildman–Crippen MR) is 70.4 cm³/mol. The summed E-state index contributed by atoms with van der Waals surface area (Å²) >= 11 is 0. The van der Waals surface area contributed by atoms with Gasteiger partial charge in [-0.25, -0.2) is 4.39 Å². The molecule has 1 aromatic carbocycles. The van der Waals surface area contributed by atoms with E-state index in [9.17, 15) is 9.18 Å². The van der Waals surface area contributed by atoms with E-state index in [1.807, 2.05) is 0 Å². The Morgan fingerprint density at radius 1 is 1.45 bits per heavy atom. The van der Waals surface area contributed by atoms with Crippen molar-refractivity contribution in [3.63, 3.8) is 0 Å². The van der Waals surface area contributed by atoms with E-state index in [1.165, 1.54) is 19.2 Å². The Morgan fingerprint density at radius 3 is 2.95 bits per heavy atom. The second-order valence-electron chi connectivity index (χ2n) is 4.53. The van der Waals surface area contributed by atoms with Gasteiger partial charge in [-0.2, -0.15) is 0 Å². The van der Waals surface area contributed by atoms with Gasteiger partial charge >= 0.3 is 0 Å². The van der Waals surface area contributed by atoms with E-state index in [-0.39, 0.29) is 23.5 Å². The highest BCUT2D eigenvalue weighted by Crippen LogP contribution is 2.22. The van der Waals surface area contributed by atoms with E-state index in [0.717, 1.165) is 0 Å². The molecule has 0 spiro atoms. The Balaban J connectivity index is 2.15. The molecule has 2 rings (SSSR count). The minimum absolute atomic E-state index is 0.0867. The van der Waals surface area contributed by atoms with Crippen molar-refractivity contribution in [1.29, 1.82) is 0 Å². The van der Waals surface area contributed by atoms with Gasteiger partial charge in [-0.05, 0) is 18.6 Å². The van der Waals surface area contributed by atoms with E-state index in [2.05, 4.69) is 5.32 Å². The fraction of sp³-hybridized carbons (Fsp3) is 0.500. The zero-order chi connectivity index (χ0) is 14.5. The van der Waals surface area contributed by atoms with E-state index in [0.29, 0.717) is 19.6 Å². The van der Waals surface area contributed by atoms with Crippen molar-refractivity contribution in [3.8, 4) is 5.75 Å². The van der Waals surface area contributed by atoms with Crippen LogP contribution >= 0.6 is 0 Å². The second kappa shape index (κ2) is 6.67. The number of amides is 1. The number of carbonyl (C=O) groups is 1. The standard InChI is InChI=1S/C14H18FNO4/c1-18-11-5-3-4-9(15)13(11)14(17)16-10-6-7-20-8-12(10)19-2/h3-5,10,12H,6-8H2,1-2H3,(H,16,17). The average Bonchev–Trinajstić information content (AvgIpc) is 2.47. The van der Waals surface area contributed by atoms with Gasteiger partial charge < -0.3 is 19.5 Å². The van der Waals surface area contributed by atoms with Crippen LogP contribution in [0.3, 0.4) is 0 Å². The van der Waals surface area contributed by atoms with Crippen LogP contribution in [0.25, 0.3) is 0 Å². The molecule has 1 N–H and O–H groups in total. The van der Waals surface area contributed by atoms with Gasteiger partial charge in [0.15, 0.2) is 0 Å². The fourth-order valence-electron chi connectivity index (χ4n) is 2.24. The summed E-state index contributed by atoms with van der Waals surface area (Å²) in [5, 5.41) is 2.79. The Kier molecular flexibility index (Phi) is 4.92. The molecule has 2 unspecified atom stereocenters. The SMILES string of the molecule is COc1cccc(F)c1C(=O)NC1CCOCC1OC. The number of ether oxygens (including phenoxy) is 3. The first kappa shape index (κ1) is 14.7. The lowest BCUT2D eigenvalue weighted by molar-refractivity contribution is -0.0479. The number of methoxy groups -OCH3 is 2. The largest absolute Gasteiger partial charge is 0.496 e. The number of hydrogen-bond donors (Lipinski definition) is 1. The molecule has 5 nitrogen and oxygen atoms in total. The number of rotatable bonds is 4. The van der Waals surface area contributed by atoms with Crippen molar-refractivity contribution in [2.45, 2.75) is 18.6 Å². The molecule has 20 heavy (non-hydrogen) atoms. The number of benzene rings is 1. The van der Waals surface area contributed by atoms with Crippen molar-refractivity contribution >= 4 is 5.91 Å². The van der Waals surface area contributed by atoms with Gasteiger partial charge in [-0.1, -0.05) is 6.07 Å². The van der Waals surface area contributed by atoms with Crippen LogP contribution in [0.4, 0.5) is 4.39 Å². The normalized spacial score (nSPS) is 22.4. The summed E-state index contributed by atoms with van der Waals surface area (Å²) < 4.78 is 29.4. The topological polar surface area (TPSA) is 56.8 Å². The Morgan fingerprint density at radius 2 is 2.25 bits per heavy atom. The van der Waals surface area contributed by atoms with Gasteiger partial charge in [-0.3, -0.25) is 4.79 Å². The van der Waals surface area contributed by atoms with Gasteiger partial charge in [0, 0.05) is 13.7 Å². The van der Waals surface area contributed by atoms with Crippen LogP contribution in [-0.4, -0.2) is 45.5 Å². The van der Waals surface area contributed by atoms with E-state index >= 15 is 0 Å². The molecule has 1 aliphatic heterocycles. The van der Waals surface area contributed by atoms with Gasteiger partial charge in [-0.15, -0.1) is 0 Å². The molecule has 1 saturated heterocycles. The van der Waals surface area contributed by atoms with Gasteiger partial charge in [0.1, 0.15) is 23.2 Å². The summed E-state index contributed by atoms with van der Waals surface area (Å²) in [6.07, 6.45) is 0.395. The molecule has 2 atom stereocenters. The predicted octanol–water partition coefficient (Wildman–Crippen LogP) is 1.37. The molecule has 0 aliphatic carbocycles. The maximum atomic E-state index is 13.8. The number of nitrogens with one attached hydrogen (secondary N) is 1. The van der Waals surface area contributed by atoms with E-state index in [4.69, 9.17) is 14.2 Å². The number of carbonyl (C=O) groups excluding carboxylic acids is 1. The summed E-state index contributed by atoms with van der Waals surface area (Å²) in [6, 6.07) is 4.08. The molecule has 1 aromatic rings. The molecule has 1 amide bonds. The zero-order valence-electron chi connectivity index (χ0n) is 11.5. The lowest BCUT2D eigenvalue weighted by Gasteiger charge is -2.31. The fourth-order valence-corrected chi connectivity index (χ4v) is 2.24. The van der Waals surface area contributed by atoms with Crippen LogP contribution in [0.5, 0.6) is 5.75 Å². The smallest absolute Gasteiger partial charge is 0.258 e. The van der Waals surface area contributed by atoms with Crippen LogP contribution in [0, 0.1) is 5.82 Å². The molecule has 1 heterocycles. The van der Waals surface area contributed by atoms with E-state index < -0.39 is 11.7 Å². The number of halogens is 1. The minimum Gasteiger partial charge on any atom is -0.496 e. The van der Waals surface area contributed by atoms with Crippen molar-refractivity contribution in [3.05, 3.63) is 29.6 Å². The molecule has 0 bridgehead atoms. The van der Waals surface area contributed by atoms with Crippen LogP contribution < -0.4 is 10.1 Å². The first-order chi connectivity index (χ1) is 9.67. The summed E-state index contributed by atoms with van der Waals surface area (Å²) in [6.45, 7) is 0.953. The Labute approximate surface area is 117 Å². The van der Waals surface area contributed by atoms with Crippen LogP contribution in [0.2, 0.25) is 0 Å². The highest BCUT2D eigenvalue weighted by Gasteiger charge is 2.29. The summed E-state index contributed by atoms with van der Waals surface area (Å²) in [7, 11) is 2.96. The van der Waals surface area contributed by atoms with Gasteiger partial charge in [0.2, 0.25) is 0 Å². The van der Waals surface area contributed by atoms with Crippen molar-refractivity contribution in [2.24, 2.45) is 0 Å². The summed E-state index contributed by atoms with van der Waals surface area (Å²) in [5.41, 5.74) is -0.0867. The first-order valence-corrected chi connectivity index (χ1v) is 6.41. The molecular formula is C14H18FNO4. The second-order valence-corrected chi connectivity index (χ2v) is 4.53. The third kappa shape index (κ3) is 3.08. The molecule has 0 saturated carbocycles. The third-order valence-electron chi connectivity index (χ3n) is 3.35. The number of hydrogen-bond acceptors (Lipinski definition) is 4. The monoisotopic (exact) mass is 283 g/mol. The van der Waals surface area contributed by atoms with Gasteiger partial charge in [0.25, 0.3) is 5.91 Å². The van der Waals surface area contributed by atoms with Crippen LogP contribution in [-0.2, 0) is 9.47 Å². The quantitative estimate of drug-likeness (QED) is 0.906. The highest BCUT2D eigenvalue weighted by atomic mass is 19.1. The molecule has 1 fully saturated rings. The third-order valence-corrected chi connectivity index (χ3v) is 3.35. The van der Waals surface area contributed by atoms with Crippen molar-refractivity contribution in [2.75, 3.05) is 27.4 Å². The lowest BCUT2D eigenvalue weighted by atomic mass is 10.0. The molecule has 0 radical (unpaired) electrons. The minimum atomic E-state index is -0.608. The highest BCUT2D eigenvalue weighted by molar-refractivity contribution is 5.97. The Bertz CT molecular complexity index is 480. The van der Waals surface area contributed by atoms with Crippen LogP contribution in [0.15, 0.2) is 18.2 Å². The summed E-state index contributed by atoms with van der Waals surface area (Å²) in [4.78, 5) is 12.2. The maximum absolute atomic E-state index is 13.8. The molecule has 110 valence electrons. The maximum Gasteiger partial charge on any atom is 0.258 e. The molecule has 1 aliphatic rings. The molecule has 0 aromatic heterocycles. The summed E-state index contributed by atoms with van der Waals surface area (Å²) in [5.74, 6) is -0.902. The average molecular weight is 283 g/mol. The lowest BCUT2D eigenvalue weighted by Crippen LogP contribution is -2.49. The van der Waals surface area contributed by atoms with Crippen molar-refractivity contribution in [1.82, 2.24) is 5.32 Å².